The van der Waals surface area contributed by atoms with E-state index in [-0.39, 0.29) is 6.79 Å². The molecule has 0 unspecified atom stereocenters. The number of terminal acetylenes is 1. The second kappa shape index (κ2) is 15.8. The van der Waals surface area contributed by atoms with Crippen molar-refractivity contribution >= 4 is 0 Å². The van der Waals surface area contributed by atoms with E-state index in [4.69, 9.17) is 6.42 Å². The third-order valence-electron chi connectivity index (χ3n) is 0.387. The summed E-state index contributed by atoms with van der Waals surface area (Å²) in [6, 6.07) is 0. The Hall–Kier alpha value is -0.520. The quantitative estimate of drug-likeness (QED) is 0.340. The monoisotopic (exact) mass is 144 g/mol. The maximum Gasteiger partial charge on any atom is 0.147 e. The van der Waals surface area contributed by atoms with Crippen molar-refractivity contribution < 1.29 is 9.47 Å². The van der Waals surface area contributed by atoms with Crippen molar-refractivity contribution in [2.45, 2.75) is 20.3 Å². The minimum atomic E-state index is 0.282. The average Bonchev–Trinajstić information content (AvgIpc) is 1.91. The first-order chi connectivity index (χ1) is 4.83. The molecular formula is C8H16O2. The van der Waals surface area contributed by atoms with Gasteiger partial charge in [-0.15, -0.1) is 6.42 Å². The van der Waals surface area contributed by atoms with Crippen LogP contribution in [-0.2, 0) is 9.47 Å². The molecular weight excluding hydrogens is 128 g/mol. The highest BCUT2D eigenvalue weighted by Crippen LogP contribution is 1.69. The van der Waals surface area contributed by atoms with Gasteiger partial charge in [-0.3, -0.25) is 0 Å². The van der Waals surface area contributed by atoms with Crippen LogP contribution in [0.3, 0.4) is 0 Å². The summed E-state index contributed by atoms with van der Waals surface area (Å²) < 4.78 is 9.20. The van der Waals surface area contributed by atoms with Crippen molar-refractivity contribution in [3.8, 4) is 12.3 Å². The molecule has 0 aromatic rings. The summed E-state index contributed by atoms with van der Waals surface area (Å²) in [6.07, 6.45) is 6.09. The third kappa shape index (κ3) is 25.9. The molecule has 0 atom stereocenters. The van der Waals surface area contributed by atoms with E-state index in [1.54, 1.807) is 7.11 Å². The molecule has 0 fully saturated rings. The zero-order valence-corrected chi connectivity index (χ0v) is 7.02. The van der Waals surface area contributed by atoms with Crippen molar-refractivity contribution in [1.82, 2.24) is 0 Å². The molecule has 0 aliphatic rings. The van der Waals surface area contributed by atoms with E-state index in [2.05, 4.69) is 29.2 Å². The van der Waals surface area contributed by atoms with Crippen LogP contribution in [0.15, 0.2) is 0 Å². The van der Waals surface area contributed by atoms with Gasteiger partial charge in [0.1, 0.15) is 13.4 Å². The first-order valence-electron chi connectivity index (χ1n) is 3.33. The largest absolute Gasteiger partial charge is 0.359 e. The van der Waals surface area contributed by atoms with Gasteiger partial charge in [0, 0.05) is 7.11 Å². The van der Waals surface area contributed by atoms with E-state index in [1.165, 1.54) is 6.42 Å². The van der Waals surface area contributed by atoms with Gasteiger partial charge in [-0.1, -0.05) is 26.2 Å². The second-order valence-electron chi connectivity index (χ2n) is 1.67. The van der Waals surface area contributed by atoms with Gasteiger partial charge in [0.25, 0.3) is 0 Å². The fraction of sp³-hybridized carbons (Fsp3) is 0.750. The van der Waals surface area contributed by atoms with Crippen LogP contribution < -0.4 is 0 Å². The Bertz CT molecular complexity index is 73.8. The van der Waals surface area contributed by atoms with Crippen molar-refractivity contribution in [3.63, 3.8) is 0 Å². The Morgan fingerprint density at radius 3 is 2.20 bits per heavy atom. The molecule has 60 valence electrons. The normalized spacial score (nSPS) is 7.40. The van der Waals surface area contributed by atoms with E-state index < -0.39 is 0 Å². The number of hydrogen-bond donors (Lipinski definition) is 0. The molecule has 0 saturated carbocycles. The highest BCUT2D eigenvalue weighted by atomic mass is 16.7. The smallest absolute Gasteiger partial charge is 0.147 e. The standard InChI is InChI=1S/C5H8O2.C3H8/c1-3-4-7-5-6-2;1-3-2/h1H,4-5H2,2H3;3H2,1-2H3. The molecule has 0 aromatic carbocycles. The van der Waals surface area contributed by atoms with Crippen LogP contribution in [0.4, 0.5) is 0 Å². The molecule has 0 heterocycles. The van der Waals surface area contributed by atoms with Crippen molar-refractivity contribution in [2.75, 3.05) is 20.5 Å². The van der Waals surface area contributed by atoms with E-state index in [9.17, 15) is 0 Å². The number of methoxy groups -OCH3 is 1. The predicted octanol–water partition coefficient (Wildman–Crippen LogP) is 1.66. The SMILES string of the molecule is C#CCOCOC.CCC. The lowest BCUT2D eigenvalue weighted by molar-refractivity contribution is -0.0165. The summed E-state index contributed by atoms with van der Waals surface area (Å²) in [7, 11) is 1.55. The summed E-state index contributed by atoms with van der Waals surface area (Å²) in [4.78, 5) is 0. The van der Waals surface area contributed by atoms with Crippen LogP contribution >= 0.6 is 0 Å². The van der Waals surface area contributed by atoms with Gasteiger partial charge in [0.05, 0.1) is 0 Å². The number of ether oxygens (including phenoxy) is 2. The van der Waals surface area contributed by atoms with E-state index in [0.29, 0.717) is 6.61 Å². The van der Waals surface area contributed by atoms with Crippen LogP contribution in [0, 0.1) is 12.3 Å². The summed E-state index contributed by atoms with van der Waals surface area (Å²) >= 11 is 0. The Kier molecular flexibility index (Phi) is 19.3. The summed E-state index contributed by atoms with van der Waals surface area (Å²) in [5.74, 6) is 2.30. The molecule has 10 heavy (non-hydrogen) atoms. The highest BCUT2D eigenvalue weighted by Gasteiger charge is 1.74. The summed E-state index contributed by atoms with van der Waals surface area (Å²) in [5.41, 5.74) is 0. The first-order valence-corrected chi connectivity index (χ1v) is 3.33. The van der Waals surface area contributed by atoms with Crippen LogP contribution in [-0.4, -0.2) is 20.5 Å². The molecule has 0 rings (SSSR count). The fourth-order valence-corrected chi connectivity index (χ4v) is 0.184. The van der Waals surface area contributed by atoms with Gasteiger partial charge in [-0.25, -0.2) is 0 Å². The Balaban J connectivity index is 0. The zero-order valence-electron chi connectivity index (χ0n) is 7.02. The Morgan fingerprint density at radius 1 is 1.40 bits per heavy atom. The molecule has 2 nitrogen and oxygen atoms in total. The molecule has 0 bridgehead atoms. The average molecular weight is 144 g/mol. The molecule has 0 aliphatic heterocycles. The van der Waals surface area contributed by atoms with Crippen LogP contribution in [0.5, 0.6) is 0 Å². The van der Waals surface area contributed by atoms with E-state index in [1.807, 2.05) is 0 Å². The molecule has 0 spiro atoms. The molecule has 0 saturated heterocycles. The van der Waals surface area contributed by atoms with Gasteiger partial charge in [0.2, 0.25) is 0 Å². The van der Waals surface area contributed by atoms with Crippen molar-refractivity contribution in [1.29, 1.82) is 0 Å². The number of rotatable bonds is 3. The molecule has 0 N–H and O–H groups in total. The molecule has 0 radical (unpaired) electrons. The van der Waals surface area contributed by atoms with Gasteiger partial charge in [-0.05, 0) is 0 Å². The third-order valence-corrected chi connectivity index (χ3v) is 0.387. The maximum atomic E-state index is 4.84. The Morgan fingerprint density at radius 2 is 1.90 bits per heavy atom. The van der Waals surface area contributed by atoms with Gasteiger partial charge >= 0.3 is 0 Å². The molecule has 2 heteroatoms. The minimum absolute atomic E-state index is 0.282. The Labute approximate surface area is 63.5 Å². The van der Waals surface area contributed by atoms with E-state index >= 15 is 0 Å². The van der Waals surface area contributed by atoms with Crippen LogP contribution in [0.2, 0.25) is 0 Å². The molecule has 0 amide bonds. The van der Waals surface area contributed by atoms with Crippen LogP contribution in [0.1, 0.15) is 20.3 Å². The lowest BCUT2D eigenvalue weighted by Crippen LogP contribution is -1.94. The van der Waals surface area contributed by atoms with Gasteiger partial charge in [0.15, 0.2) is 0 Å². The minimum Gasteiger partial charge on any atom is -0.359 e. The number of hydrogen-bond acceptors (Lipinski definition) is 2. The van der Waals surface area contributed by atoms with E-state index in [0.717, 1.165) is 0 Å². The highest BCUT2D eigenvalue weighted by molar-refractivity contribution is 4.82. The van der Waals surface area contributed by atoms with Crippen LogP contribution in [0.25, 0.3) is 0 Å². The zero-order chi connectivity index (χ0) is 8.24. The maximum absolute atomic E-state index is 4.84. The summed E-state index contributed by atoms with van der Waals surface area (Å²) in [6.45, 7) is 4.86. The predicted molar refractivity (Wildman–Crippen MR) is 42.6 cm³/mol. The second-order valence-corrected chi connectivity index (χ2v) is 1.67. The first kappa shape index (κ1) is 12.2. The lowest BCUT2D eigenvalue weighted by Gasteiger charge is -1.93. The topological polar surface area (TPSA) is 18.5 Å². The molecule has 0 aromatic heterocycles. The van der Waals surface area contributed by atoms with Gasteiger partial charge < -0.3 is 9.47 Å². The molecule has 0 aliphatic carbocycles. The summed E-state index contributed by atoms with van der Waals surface area (Å²) in [5, 5.41) is 0. The van der Waals surface area contributed by atoms with Gasteiger partial charge in [-0.2, -0.15) is 0 Å². The fourth-order valence-electron chi connectivity index (χ4n) is 0.184. The lowest BCUT2D eigenvalue weighted by atomic mass is 10.6. The van der Waals surface area contributed by atoms with Crippen molar-refractivity contribution in [3.05, 3.63) is 0 Å². The van der Waals surface area contributed by atoms with Crippen molar-refractivity contribution in [2.24, 2.45) is 0 Å².